The Hall–Kier alpha value is -1.94. The van der Waals surface area contributed by atoms with Crippen LogP contribution >= 0.6 is 0 Å². The van der Waals surface area contributed by atoms with Gasteiger partial charge in [0.1, 0.15) is 0 Å². The van der Waals surface area contributed by atoms with E-state index in [4.69, 9.17) is 0 Å². The second-order valence-electron chi connectivity index (χ2n) is 4.62. The van der Waals surface area contributed by atoms with Crippen molar-refractivity contribution in [1.29, 1.82) is 0 Å². The highest BCUT2D eigenvalue weighted by Gasteiger charge is 2.06. The van der Waals surface area contributed by atoms with Gasteiger partial charge in [-0.1, -0.05) is 24.3 Å². The lowest BCUT2D eigenvalue weighted by Gasteiger charge is -2.17. The summed E-state index contributed by atoms with van der Waals surface area (Å²) < 4.78 is 0. The second kappa shape index (κ2) is 6.29. The molecule has 0 amide bonds. The quantitative estimate of drug-likeness (QED) is 0.889. The van der Waals surface area contributed by atoms with Crippen LogP contribution in [0.3, 0.4) is 0 Å². The summed E-state index contributed by atoms with van der Waals surface area (Å²) in [6.45, 7) is 3.93. The van der Waals surface area contributed by atoms with Crippen molar-refractivity contribution < 1.29 is 0 Å². The Kier molecular flexibility index (Phi) is 4.47. The van der Waals surface area contributed by atoms with Gasteiger partial charge in [-0.3, -0.25) is 0 Å². The molecular weight excluding hydrogens is 236 g/mol. The molecule has 100 valence electrons. The molecule has 2 aromatic rings. The Labute approximate surface area is 114 Å². The van der Waals surface area contributed by atoms with Crippen LogP contribution in [-0.4, -0.2) is 37.4 Å². The molecule has 0 aliphatic heterocycles. The summed E-state index contributed by atoms with van der Waals surface area (Å²) in [5.41, 5.74) is 3.27. The van der Waals surface area contributed by atoms with Gasteiger partial charge in [0.25, 0.3) is 0 Å². The van der Waals surface area contributed by atoms with Crippen LogP contribution in [0.4, 0.5) is 5.82 Å². The smallest absolute Gasteiger partial charge is 0.151 e. The number of aromatic nitrogens is 2. The summed E-state index contributed by atoms with van der Waals surface area (Å²) in [5.74, 6) is 0.896. The Morgan fingerprint density at radius 2 is 1.89 bits per heavy atom. The number of nitrogens with one attached hydrogen (secondary N) is 1. The minimum Gasteiger partial charge on any atom is -0.357 e. The van der Waals surface area contributed by atoms with Crippen LogP contribution in [0.1, 0.15) is 5.56 Å². The first-order valence-electron chi connectivity index (χ1n) is 6.48. The van der Waals surface area contributed by atoms with Crippen molar-refractivity contribution in [2.75, 3.05) is 32.1 Å². The number of nitrogens with zero attached hydrogens (tertiary/aromatic N) is 3. The predicted molar refractivity (Wildman–Crippen MR) is 79.4 cm³/mol. The molecule has 19 heavy (non-hydrogen) atoms. The Balaban J connectivity index is 2.17. The summed E-state index contributed by atoms with van der Waals surface area (Å²) in [6.07, 6.45) is 0. The third-order valence-corrected chi connectivity index (χ3v) is 3.16. The lowest BCUT2D eigenvalue weighted by atomic mass is 10.1. The van der Waals surface area contributed by atoms with Gasteiger partial charge in [-0.2, -0.15) is 0 Å². The maximum absolute atomic E-state index is 4.33. The molecule has 0 radical (unpaired) electrons. The molecule has 1 aromatic heterocycles. The van der Waals surface area contributed by atoms with Crippen LogP contribution in [0, 0.1) is 6.92 Å². The largest absolute Gasteiger partial charge is 0.357 e. The third kappa shape index (κ3) is 3.29. The Morgan fingerprint density at radius 1 is 1.11 bits per heavy atom. The summed E-state index contributed by atoms with van der Waals surface area (Å²) >= 11 is 0. The SMILES string of the molecule is CNCCN(C)c1ccc(-c2ccccc2C)nn1. The van der Waals surface area contributed by atoms with Crippen LogP contribution in [0.2, 0.25) is 0 Å². The average Bonchev–Trinajstić information content (AvgIpc) is 2.45. The number of rotatable bonds is 5. The van der Waals surface area contributed by atoms with E-state index in [0.717, 1.165) is 30.2 Å². The van der Waals surface area contributed by atoms with Crippen LogP contribution < -0.4 is 10.2 Å². The fourth-order valence-electron chi connectivity index (χ4n) is 1.93. The van der Waals surface area contributed by atoms with Gasteiger partial charge in [0.05, 0.1) is 5.69 Å². The van der Waals surface area contributed by atoms with Gasteiger partial charge in [0, 0.05) is 25.7 Å². The third-order valence-electron chi connectivity index (χ3n) is 3.16. The van der Waals surface area contributed by atoms with E-state index in [1.54, 1.807) is 0 Å². The number of hydrogen-bond acceptors (Lipinski definition) is 4. The van der Waals surface area contributed by atoms with Crippen LogP contribution in [0.25, 0.3) is 11.3 Å². The van der Waals surface area contributed by atoms with E-state index in [1.807, 2.05) is 38.4 Å². The van der Waals surface area contributed by atoms with E-state index in [1.165, 1.54) is 5.56 Å². The van der Waals surface area contributed by atoms with Gasteiger partial charge in [0.2, 0.25) is 0 Å². The van der Waals surface area contributed by atoms with Crippen molar-refractivity contribution >= 4 is 5.82 Å². The number of hydrogen-bond donors (Lipinski definition) is 1. The van der Waals surface area contributed by atoms with Crippen molar-refractivity contribution in [2.45, 2.75) is 6.92 Å². The van der Waals surface area contributed by atoms with Gasteiger partial charge in [-0.15, -0.1) is 10.2 Å². The first kappa shape index (κ1) is 13.5. The normalized spacial score (nSPS) is 10.5. The van der Waals surface area contributed by atoms with Gasteiger partial charge in [-0.05, 0) is 31.7 Å². The monoisotopic (exact) mass is 256 g/mol. The molecule has 1 heterocycles. The zero-order valence-corrected chi connectivity index (χ0v) is 11.7. The van der Waals surface area contributed by atoms with Crippen molar-refractivity contribution in [3.8, 4) is 11.3 Å². The molecular formula is C15H20N4. The van der Waals surface area contributed by atoms with Crippen molar-refractivity contribution in [1.82, 2.24) is 15.5 Å². The lowest BCUT2D eigenvalue weighted by Crippen LogP contribution is -2.27. The van der Waals surface area contributed by atoms with E-state index in [-0.39, 0.29) is 0 Å². The molecule has 0 aliphatic rings. The van der Waals surface area contributed by atoms with E-state index in [0.29, 0.717) is 0 Å². The van der Waals surface area contributed by atoms with Crippen LogP contribution in [0.5, 0.6) is 0 Å². The molecule has 0 fully saturated rings. The summed E-state index contributed by atoms with van der Waals surface area (Å²) in [5, 5.41) is 11.7. The zero-order valence-electron chi connectivity index (χ0n) is 11.7. The number of anilines is 1. The molecule has 4 nitrogen and oxygen atoms in total. The highest BCUT2D eigenvalue weighted by molar-refractivity contribution is 5.63. The summed E-state index contributed by atoms with van der Waals surface area (Å²) in [4.78, 5) is 2.09. The molecule has 0 spiro atoms. The molecule has 2 rings (SSSR count). The molecule has 1 N–H and O–H groups in total. The fraction of sp³-hybridized carbons (Fsp3) is 0.333. The first-order chi connectivity index (χ1) is 9.22. The highest BCUT2D eigenvalue weighted by atomic mass is 15.2. The fourth-order valence-corrected chi connectivity index (χ4v) is 1.93. The highest BCUT2D eigenvalue weighted by Crippen LogP contribution is 2.21. The maximum atomic E-state index is 4.33. The Morgan fingerprint density at radius 3 is 2.53 bits per heavy atom. The Bertz CT molecular complexity index is 522. The van der Waals surface area contributed by atoms with E-state index < -0.39 is 0 Å². The maximum Gasteiger partial charge on any atom is 0.151 e. The molecule has 1 aromatic carbocycles. The van der Waals surface area contributed by atoms with Crippen LogP contribution in [-0.2, 0) is 0 Å². The topological polar surface area (TPSA) is 41.0 Å². The minimum absolute atomic E-state index is 0.896. The van der Waals surface area contributed by atoms with Crippen molar-refractivity contribution in [2.24, 2.45) is 0 Å². The van der Waals surface area contributed by atoms with Crippen molar-refractivity contribution in [3.63, 3.8) is 0 Å². The molecule has 4 heteroatoms. The van der Waals surface area contributed by atoms with Gasteiger partial charge >= 0.3 is 0 Å². The van der Waals surface area contributed by atoms with Gasteiger partial charge in [-0.25, -0.2) is 0 Å². The molecule has 0 bridgehead atoms. The average molecular weight is 256 g/mol. The number of aryl methyl sites for hydroxylation is 1. The van der Waals surface area contributed by atoms with Crippen LogP contribution in [0.15, 0.2) is 36.4 Å². The van der Waals surface area contributed by atoms with Gasteiger partial charge in [0.15, 0.2) is 5.82 Å². The molecule has 0 atom stereocenters. The van der Waals surface area contributed by atoms with Crippen molar-refractivity contribution in [3.05, 3.63) is 42.0 Å². The molecule has 0 saturated heterocycles. The molecule has 0 unspecified atom stereocenters. The molecule has 0 aliphatic carbocycles. The van der Waals surface area contributed by atoms with E-state index >= 15 is 0 Å². The van der Waals surface area contributed by atoms with E-state index in [2.05, 4.69) is 39.5 Å². The lowest BCUT2D eigenvalue weighted by molar-refractivity contribution is 0.756. The number of benzene rings is 1. The minimum atomic E-state index is 0.896. The summed E-state index contributed by atoms with van der Waals surface area (Å²) in [6, 6.07) is 12.3. The second-order valence-corrected chi connectivity index (χ2v) is 4.62. The number of likely N-dealkylation sites (N-methyl/N-ethyl adjacent to an activating group) is 2. The zero-order chi connectivity index (χ0) is 13.7. The summed E-state index contributed by atoms with van der Waals surface area (Å²) in [7, 11) is 3.97. The van der Waals surface area contributed by atoms with E-state index in [9.17, 15) is 0 Å². The standard InChI is InChI=1S/C15H20N4/c1-12-6-4-5-7-13(12)14-8-9-15(18-17-14)19(3)11-10-16-2/h4-9,16H,10-11H2,1-3H3. The molecule has 0 saturated carbocycles. The van der Waals surface area contributed by atoms with Gasteiger partial charge < -0.3 is 10.2 Å². The first-order valence-corrected chi connectivity index (χ1v) is 6.48. The predicted octanol–water partition coefficient (Wildman–Crippen LogP) is 2.11.